The Balaban J connectivity index is 2.66. The van der Waals surface area contributed by atoms with Gasteiger partial charge in [0.2, 0.25) is 0 Å². The molecule has 0 saturated heterocycles. The van der Waals surface area contributed by atoms with E-state index in [1.807, 2.05) is 19.9 Å². The van der Waals surface area contributed by atoms with Crippen molar-refractivity contribution in [2.75, 3.05) is 5.73 Å². The van der Waals surface area contributed by atoms with Crippen molar-refractivity contribution in [3.8, 4) is 10.6 Å². The van der Waals surface area contributed by atoms with Gasteiger partial charge >= 0.3 is 5.97 Å². The Morgan fingerprint density at radius 1 is 1.59 bits per heavy atom. The molecule has 2 aromatic heterocycles. The second-order valence-electron chi connectivity index (χ2n) is 3.74. The van der Waals surface area contributed by atoms with E-state index in [1.54, 1.807) is 6.26 Å². The first-order chi connectivity index (χ1) is 8.06. The molecule has 0 aliphatic carbocycles. The highest BCUT2D eigenvalue weighted by molar-refractivity contribution is 7.18. The fourth-order valence-electron chi connectivity index (χ4n) is 1.78. The van der Waals surface area contributed by atoms with E-state index in [0.717, 1.165) is 16.0 Å². The van der Waals surface area contributed by atoms with Crippen LogP contribution in [0.4, 0.5) is 5.69 Å². The molecule has 0 fully saturated rings. The minimum absolute atomic E-state index is 0.188. The van der Waals surface area contributed by atoms with Crippen LogP contribution in [0.25, 0.3) is 10.6 Å². The van der Waals surface area contributed by atoms with Crippen LogP contribution in [0.2, 0.25) is 0 Å². The maximum Gasteiger partial charge on any atom is 0.348 e. The predicted octanol–water partition coefficient (Wildman–Crippen LogP) is 3.16. The van der Waals surface area contributed by atoms with Crippen LogP contribution >= 0.6 is 11.3 Å². The number of carboxylic acids is 1. The van der Waals surface area contributed by atoms with Gasteiger partial charge in [-0.2, -0.15) is 0 Å². The van der Waals surface area contributed by atoms with Crippen molar-refractivity contribution in [2.45, 2.75) is 20.3 Å². The summed E-state index contributed by atoms with van der Waals surface area (Å²) in [5.74, 6) is -0.274. The zero-order chi connectivity index (χ0) is 12.6. The molecule has 0 saturated carbocycles. The fourth-order valence-corrected chi connectivity index (χ4v) is 2.98. The van der Waals surface area contributed by atoms with Crippen LogP contribution in [-0.4, -0.2) is 11.1 Å². The molecule has 0 unspecified atom stereocenters. The summed E-state index contributed by atoms with van der Waals surface area (Å²) in [6, 6.07) is 1.85. The number of hydrogen-bond donors (Lipinski definition) is 2. The standard InChI is InChI=1S/C12H13NO3S/c1-3-7-8(13)11(12(14)15)17-10(7)9-6(2)4-5-16-9/h4-5H,3,13H2,1-2H3,(H,14,15). The summed E-state index contributed by atoms with van der Waals surface area (Å²) in [6.07, 6.45) is 2.28. The molecule has 0 radical (unpaired) electrons. The van der Waals surface area contributed by atoms with Gasteiger partial charge in [0.1, 0.15) is 10.6 Å². The third kappa shape index (κ3) is 1.82. The van der Waals surface area contributed by atoms with Gasteiger partial charge in [-0.1, -0.05) is 6.92 Å². The molecule has 5 heteroatoms. The van der Waals surface area contributed by atoms with Gasteiger partial charge in [-0.25, -0.2) is 4.79 Å². The zero-order valence-corrected chi connectivity index (χ0v) is 10.4. The van der Waals surface area contributed by atoms with Gasteiger partial charge in [0.15, 0.2) is 0 Å². The quantitative estimate of drug-likeness (QED) is 0.878. The van der Waals surface area contributed by atoms with Crippen molar-refractivity contribution >= 4 is 23.0 Å². The van der Waals surface area contributed by atoms with Crippen LogP contribution in [0, 0.1) is 6.92 Å². The minimum atomic E-state index is -0.988. The molecular formula is C12H13NO3S. The molecule has 0 aromatic carbocycles. The average molecular weight is 251 g/mol. The number of nitrogens with two attached hydrogens (primary N) is 1. The Bertz CT molecular complexity index is 568. The van der Waals surface area contributed by atoms with Gasteiger partial charge in [-0.3, -0.25) is 0 Å². The van der Waals surface area contributed by atoms with Crippen molar-refractivity contribution in [3.05, 3.63) is 28.3 Å². The van der Waals surface area contributed by atoms with E-state index in [2.05, 4.69) is 0 Å². The molecule has 0 bridgehead atoms. The summed E-state index contributed by atoms with van der Waals surface area (Å²) < 4.78 is 5.40. The normalized spacial score (nSPS) is 10.7. The zero-order valence-electron chi connectivity index (χ0n) is 9.61. The molecule has 90 valence electrons. The lowest BCUT2D eigenvalue weighted by Crippen LogP contribution is -1.99. The van der Waals surface area contributed by atoms with Crippen molar-refractivity contribution in [1.82, 2.24) is 0 Å². The number of nitrogen functional groups attached to an aromatic ring is 1. The average Bonchev–Trinajstić information content (AvgIpc) is 2.81. The number of aromatic carboxylic acids is 1. The Morgan fingerprint density at radius 3 is 2.76 bits per heavy atom. The summed E-state index contributed by atoms with van der Waals surface area (Å²) in [6.45, 7) is 3.88. The second kappa shape index (κ2) is 4.25. The molecule has 2 aromatic rings. The van der Waals surface area contributed by atoms with Crippen LogP contribution in [-0.2, 0) is 6.42 Å². The minimum Gasteiger partial charge on any atom is -0.477 e. The number of hydrogen-bond acceptors (Lipinski definition) is 4. The second-order valence-corrected chi connectivity index (χ2v) is 4.76. The van der Waals surface area contributed by atoms with Crippen LogP contribution in [0.3, 0.4) is 0 Å². The maximum absolute atomic E-state index is 11.1. The predicted molar refractivity (Wildman–Crippen MR) is 67.5 cm³/mol. The highest BCUT2D eigenvalue weighted by Gasteiger charge is 2.22. The fraction of sp³-hybridized carbons (Fsp3) is 0.250. The Labute approximate surface area is 103 Å². The first-order valence-electron chi connectivity index (χ1n) is 5.25. The Morgan fingerprint density at radius 2 is 2.29 bits per heavy atom. The maximum atomic E-state index is 11.1. The number of carboxylic acid groups (broad SMARTS) is 1. The first kappa shape index (κ1) is 11.7. The van der Waals surface area contributed by atoms with Gasteiger partial charge in [0.25, 0.3) is 0 Å². The molecule has 2 heterocycles. The molecule has 17 heavy (non-hydrogen) atoms. The van der Waals surface area contributed by atoms with E-state index < -0.39 is 5.97 Å². The number of furan rings is 1. The largest absolute Gasteiger partial charge is 0.477 e. The van der Waals surface area contributed by atoms with E-state index in [0.29, 0.717) is 17.9 Å². The number of rotatable bonds is 3. The summed E-state index contributed by atoms with van der Waals surface area (Å²) >= 11 is 1.17. The molecule has 0 aliphatic heterocycles. The van der Waals surface area contributed by atoms with Gasteiger partial charge in [0, 0.05) is 0 Å². The van der Waals surface area contributed by atoms with Crippen LogP contribution in [0.15, 0.2) is 16.7 Å². The van der Waals surface area contributed by atoms with E-state index in [4.69, 9.17) is 15.3 Å². The lowest BCUT2D eigenvalue weighted by atomic mass is 10.1. The number of carbonyl (C=O) groups is 1. The van der Waals surface area contributed by atoms with Crippen molar-refractivity contribution in [2.24, 2.45) is 0 Å². The Kier molecular flexibility index (Phi) is 2.93. The van der Waals surface area contributed by atoms with E-state index >= 15 is 0 Å². The summed E-state index contributed by atoms with van der Waals surface area (Å²) in [5, 5.41) is 9.07. The van der Waals surface area contributed by atoms with E-state index in [9.17, 15) is 4.79 Å². The van der Waals surface area contributed by atoms with Crippen LogP contribution < -0.4 is 5.73 Å². The van der Waals surface area contributed by atoms with Crippen molar-refractivity contribution in [3.63, 3.8) is 0 Å². The molecule has 0 amide bonds. The number of thiophene rings is 1. The van der Waals surface area contributed by atoms with Crippen molar-refractivity contribution < 1.29 is 14.3 Å². The molecule has 4 nitrogen and oxygen atoms in total. The summed E-state index contributed by atoms with van der Waals surface area (Å²) in [7, 11) is 0. The first-order valence-corrected chi connectivity index (χ1v) is 6.06. The molecule has 0 spiro atoms. The molecular weight excluding hydrogens is 238 g/mol. The van der Waals surface area contributed by atoms with E-state index in [1.165, 1.54) is 11.3 Å². The van der Waals surface area contributed by atoms with E-state index in [-0.39, 0.29) is 4.88 Å². The SMILES string of the molecule is CCc1c(-c2occc2C)sc(C(=O)O)c1N. The van der Waals surface area contributed by atoms with Gasteiger partial charge in [0.05, 0.1) is 16.8 Å². The lowest BCUT2D eigenvalue weighted by molar-refractivity contribution is 0.0703. The van der Waals surface area contributed by atoms with Crippen LogP contribution in [0.1, 0.15) is 27.7 Å². The topological polar surface area (TPSA) is 76.5 Å². The monoisotopic (exact) mass is 251 g/mol. The van der Waals surface area contributed by atoms with Gasteiger partial charge in [-0.05, 0) is 30.5 Å². The molecule has 0 aliphatic rings. The molecule has 3 N–H and O–H groups in total. The number of aryl methyl sites for hydroxylation is 1. The van der Waals surface area contributed by atoms with Gasteiger partial charge in [-0.15, -0.1) is 11.3 Å². The highest BCUT2D eigenvalue weighted by Crippen LogP contribution is 2.40. The third-order valence-electron chi connectivity index (χ3n) is 2.66. The number of anilines is 1. The van der Waals surface area contributed by atoms with Crippen molar-refractivity contribution in [1.29, 1.82) is 0 Å². The Hall–Kier alpha value is -1.75. The lowest BCUT2D eigenvalue weighted by Gasteiger charge is -2.00. The van der Waals surface area contributed by atoms with Crippen LogP contribution in [0.5, 0.6) is 0 Å². The highest BCUT2D eigenvalue weighted by atomic mass is 32.1. The smallest absolute Gasteiger partial charge is 0.348 e. The van der Waals surface area contributed by atoms with Gasteiger partial charge < -0.3 is 15.3 Å². The summed E-state index contributed by atoms with van der Waals surface area (Å²) in [5.41, 5.74) is 8.05. The summed E-state index contributed by atoms with van der Waals surface area (Å²) in [4.78, 5) is 12.1. The molecule has 0 atom stereocenters. The molecule has 2 rings (SSSR count). The third-order valence-corrected chi connectivity index (χ3v) is 3.90.